The largest absolute Gasteiger partial charge is 0.481 e. The summed E-state index contributed by atoms with van der Waals surface area (Å²) in [6, 6.07) is 7.27. The second kappa shape index (κ2) is 5.01. The van der Waals surface area contributed by atoms with E-state index in [0.717, 1.165) is 11.1 Å². The Labute approximate surface area is 103 Å². The summed E-state index contributed by atoms with van der Waals surface area (Å²) >= 11 is 5.90. The second-order valence-corrected chi connectivity index (χ2v) is 4.00. The molecule has 0 unspecified atom stereocenters. The second-order valence-electron chi connectivity index (χ2n) is 3.57. The molecule has 0 aliphatic carbocycles. The van der Waals surface area contributed by atoms with Crippen LogP contribution in [-0.2, 0) is 11.2 Å². The van der Waals surface area contributed by atoms with Gasteiger partial charge in [0, 0.05) is 17.0 Å². The molecule has 0 aliphatic rings. The van der Waals surface area contributed by atoms with Crippen LogP contribution in [0.2, 0.25) is 5.02 Å². The van der Waals surface area contributed by atoms with Gasteiger partial charge in [-0.25, -0.2) is 0 Å². The Kier molecular flexibility index (Phi) is 3.44. The van der Waals surface area contributed by atoms with E-state index in [1.807, 2.05) is 12.1 Å². The molecule has 0 fully saturated rings. The molecule has 0 atom stereocenters. The molecule has 0 aliphatic heterocycles. The quantitative estimate of drug-likeness (QED) is 0.907. The fourth-order valence-electron chi connectivity index (χ4n) is 1.56. The molecule has 0 spiro atoms. The van der Waals surface area contributed by atoms with Crippen LogP contribution in [0.25, 0.3) is 11.1 Å². The van der Waals surface area contributed by atoms with Crippen LogP contribution < -0.4 is 0 Å². The fraction of sp³-hybridized carbons (Fsp3) is 0.167. The van der Waals surface area contributed by atoms with Gasteiger partial charge in [0.25, 0.3) is 0 Å². The van der Waals surface area contributed by atoms with Crippen molar-refractivity contribution in [3.05, 3.63) is 41.2 Å². The van der Waals surface area contributed by atoms with Crippen LogP contribution in [-0.4, -0.2) is 16.2 Å². The van der Waals surface area contributed by atoms with Crippen LogP contribution in [0.1, 0.15) is 12.2 Å². The lowest BCUT2D eigenvalue weighted by Gasteiger charge is -2.00. The van der Waals surface area contributed by atoms with Crippen LogP contribution in [0.3, 0.4) is 0 Å². The average molecular weight is 252 g/mol. The molecule has 1 heterocycles. The first-order valence-electron chi connectivity index (χ1n) is 5.08. The van der Waals surface area contributed by atoms with Crippen LogP contribution in [0, 0.1) is 0 Å². The van der Waals surface area contributed by atoms with Crippen molar-refractivity contribution < 1.29 is 14.4 Å². The summed E-state index contributed by atoms with van der Waals surface area (Å²) in [5.74, 6) is -0.298. The van der Waals surface area contributed by atoms with Crippen molar-refractivity contribution in [3.63, 3.8) is 0 Å². The first-order valence-corrected chi connectivity index (χ1v) is 5.46. The van der Waals surface area contributed by atoms with Gasteiger partial charge in [0.15, 0.2) is 0 Å². The summed E-state index contributed by atoms with van der Waals surface area (Å²) in [6.07, 6.45) is 1.91. The number of hydrogen-bond acceptors (Lipinski definition) is 3. The van der Waals surface area contributed by atoms with Gasteiger partial charge >= 0.3 is 5.97 Å². The van der Waals surface area contributed by atoms with E-state index in [-0.39, 0.29) is 6.42 Å². The first kappa shape index (κ1) is 11.7. The Hall–Kier alpha value is -1.81. The van der Waals surface area contributed by atoms with Crippen LogP contribution in [0.5, 0.6) is 0 Å². The van der Waals surface area contributed by atoms with Crippen molar-refractivity contribution in [1.29, 1.82) is 0 Å². The maximum absolute atomic E-state index is 10.5. The zero-order chi connectivity index (χ0) is 12.3. The van der Waals surface area contributed by atoms with Gasteiger partial charge in [-0.1, -0.05) is 28.9 Å². The lowest BCUT2D eigenvalue weighted by Crippen LogP contribution is -1.97. The summed E-state index contributed by atoms with van der Waals surface area (Å²) in [4.78, 5) is 10.5. The molecular weight excluding hydrogens is 242 g/mol. The number of aliphatic carboxylic acids is 1. The number of hydrogen-bond donors (Lipinski definition) is 1. The number of carboxylic acids is 1. The molecule has 4 nitrogen and oxygen atoms in total. The van der Waals surface area contributed by atoms with E-state index in [0.29, 0.717) is 17.2 Å². The number of carboxylic acid groups (broad SMARTS) is 1. The lowest BCUT2D eigenvalue weighted by atomic mass is 10.0. The SMILES string of the molecule is O=C(O)CCc1oncc1-c1cccc(Cl)c1. The summed E-state index contributed by atoms with van der Waals surface area (Å²) < 4.78 is 5.05. The molecule has 0 bridgehead atoms. The van der Waals surface area contributed by atoms with Crippen molar-refractivity contribution in [2.45, 2.75) is 12.8 Å². The maximum Gasteiger partial charge on any atom is 0.303 e. The number of aromatic nitrogens is 1. The van der Waals surface area contributed by atoms with Gasteiger partial charge in [-0.15, -0.1) is 0 Å². The van der Waals surface area contributed by atoms with E-state index in [9.17, 15) is 4.79 Å². The third kappa shape index (κ3) is 2.85. The summed E-state index contributed by atoms with van der Waals surface area (Å²) in [6.45, 7) is 0. The topological polar surface area (TPSA) is 63.3 Å². The Morgan fingerprint density at radius 2 is 2.29 bits per heavy atom. The maximum atomic E-state index is 10.5. The Bertz CT molecular complexity index is 536. The Morgan fingerprint density at radius 1 is 1.47 bits per heavy atom. The smallest absolute Gasteiger partial charge is 0.303 e. The third-order valence-electron chi connectivity index (χ3n) is 2.35. The summed E-state index contributed by atoms with van der Waals surface area (Å²) in [5.41, 5.74) is 1.66. The van der Waals surface area contributed by atoms with E-state index in [1.54, 1.807) is 18.3 Å². The first-order chi connectivity index (χ1) is 8.16. The minimum atomic E-state index is -0.863. The molecule has 0 saturated heterocycles. The molecule has 2 aromatic rings. The number of rotatable bonds is 4. The van der Waals surface area contributed by atoms with Gasteiger partial charge in [-0.3, -0.25) is 4.79 Å². The van der Waals surface area contributed by atoms with E-state index in [1.165, 1.54) is 0 Å². The third-order valence-corrected chi connectivity index (χ3v) is 2.58. The van der Waals surface area contributed by atoms with Gasteiger partial charge < -0.3 is 9.63 Å². The van der Waals surface area contributed by atoms with Crippen molar-refractivity contribution in [3.8, 4) is 11.1 Å². The van der Waals surface area contributed by atoms with Crippen LogP contribution in [0.15, 0.2) is 35.0 Å². The highest BCUT2D eigenvalue weighted by Crippen LogP contribution is 2.26. The van der Waals surface area contributed by atoms with Gasteiger partial charge in [0.1, 0.15) is 5.76 Å². The number of aryl methyl sites for hydroxylation is 1. The van der Waals surface area contributed by atoms with E-state index in [2.05, 4.69) is 5.16 Å². The Morgan fingerprint density at radius 3 is 3.00 bits per heavy atom. The van der Waals surface area contributed by atoms with Crippen molar-refractivity contribution in [2.75, 3.05) is 0 Å². The highest BCUT2D eigenvalue weighted by molar-refractivity contribution is 6.30. The monoisotopic (exact) mass is 251 g/mol. The predicted molar refractivity (Wildman–Crippen MR) is 62.9 cm³/mol. The number of nitrogens with zero attached hydrogens (tertiary/aromatic N) is 1. The van der Waals surface area contributed by atoms with Gasteiger partial charge in [0.05, 0.1) is 12.6 Å². The van der Waals surface area contributed by atoms with Crippen molar-refractivity contribution >= 4 is 17.6 Å². The lowest BCUT2D eigenvalue weighted by molar-refractivity contribution is -0.137. The highest BCUT2D eigenvalue weighted by atomic mass is 35.5. The van der Waals surface area contributed by atoms with E-state index in [4.69, 9.17) is 21.2 Å². The molecule has 5 heteroatoms. The highest BCUT2D eigenvalue weighted by Gasteiger charge is 2.12. The molecule has 0 radical (unpaired) electrons. The molecule has 17 heavy (non-hydrogen) atoms. The van der Waals surface area contributed by atoms with Crippen molar-refractivity contribution in [2.24, 2.45) is 0 Å². The summed E-state index contributed by atoms with van der Waals surface area (Å²) in [5, 5.41) is 12.9. The molecule has 0 amide bonds. The number of benzene rings is 1. The summed E-state index contributed by atoms with van der Waals surface area (Å²) in [7, 11) is 0. The van der Waals surface area contributed by atoms with Crippen LogP contribution >= 0.6 is 11.6 Å². The zero-order valence-electron chi connectivity index (χ0n) is 8.89. The van der Waals surface area contributed by atoms with E-state index >= 15 is 0 Å². The minimum absolute atomic E-state index is 0.0166. The molecule has 2 rings (SSSR count). The minimum Gasteiger partial charge on any atom is -0.481 e. The van der Waals surface area contributed by atoms with Gasteiger partial charge in [-0.05, 0) is 17.7 Å². The van der Waals surface area contributed by atoms with Gasteiger partial charge in [-0.2, -0.15) is 0 Å². The average Bonchev–Trinajstić information content (AvgIpc) is 2.74. The molecule has 1 aromatic heterocycles. The molecule has 1 N–H and O–H groups in total. The number of carbonyl (C=O) groups is 1. The predicted octanol–water partition coefficient (Wildman–Crippen LogP) is 3.01. The molecular formula is C12H10ClNO3. The van der Waals surface area contributed by atoms with Crippen LogP contribution in [0.4, 0.5) is 0 Å². The van der Waals surface area contributed by atoms with E-state index < -0.39 is 5.97 Å². The molecule has 0 saturated carbocycles. The zero-order valence-corrected chi connectivity index (χ0v) is 9.65. The molecule has 88 valence electrons. The normalized spacial score (nSPS) is 10.4. The fourth-order valence-corrected chi connectivity index (χ4v) is 1.75. The van der Waals surface area contributed by atoms with Gasteiger partial charge in [0.2, 0.25) is 0 Å². The number of halogens is 1. The standard InChI is InChI=1S/C12H10ClNO3/c13-9-3-1-2-8(6-9)10-7-14-17-11(10)4-5-12(15)16/h1-3,6-7H,4-5H2,(H,15,16). The molecule has 1 aromatic carbocycles. The Balaban J connectivity index is 2.27. The van der Waals surface area contributed by atoms with Crippen molar-refractivity contribution in [1.82, 2.24) is 5.16 Å².